The number of sulfonamides is 1. The number of rotatable bonds is 6. The van der Waals surface area contributed by atoms with Gasteiger partial charge in [0, 0.05) is 12.2 Å². The minimum absolute atomic E-state index is 0.122. The van der Waals surface area contributed by atoms with E-state index in [-0.39, 0.29) is 18.0 Å². The second-order valence-electron chi connectivity index (χ2n) is 5.83. The summed E-state index contributed by atoms with van der Waals surface area (Å²) in [6.07, 6.45) is -0.581. The molecule has 0 saturated heterocycles. The Morgan fingerprint density at radius 3 is 2.41 bits per heavy atom. The van der Waals surface area contributed by atoms with Crippen molar-refractivity contribution in [3.63, 3.8) is 0 Å². The van der Waals surface area contributed by atoms with Crippen LogP contribution >= 0.6 is 0 Å². The van der Waals surface area contributed by atoms with Crippen molar-refractivity contribution >= 4 is 32.6 Å². The number of nitrogens with one attached hydrogen (secondary N) is 2. The number of carbonyl (C=O) groups is 1. The van der Waals surface area contributed by atoms with Gasteiger partial charge in [0.25, 0.3) is 0 Å². The zero-order chi connectivity index (χ0) is 19.3. The van der Waals surface area contributed by atoms with Crippen LogP contribution in [0.15, 0.2) is 71.6 Å². The minimum atomic E-state index is -3.68. The molecule has 7 heteroatoms. The second-order valence-corrected chi connectivity index (χ2v) is 7.60. The van der Waals surface area contributed by atoms with Crippen LogP contribution in [0.1, 0.15) is 12.5 Å². The number of hydrogen-bond acceptors (Lipinski definition) is 4. The standard InChI is InChI=1S/C20H20N2O4S/c1-2-26-20(23)22-17-10-12-18(13-11-17)27(24,25)21-14-16-8-5-7-15-6-3-4-9-19(15)16/h3-13,21H,2,14H2,1H3,(H,22,23). The first-order valence-electron chi connectivity index (χ1n) is 8.50. The average Bonchev–Trinajstić information content (AvgIpc) is 2.67. The van der Waals surface area contributed by atoms with E-state index < -0.39 is 16.1 Å². The van der Waals surface area contributed by atoms with Crippen molar-refractivity contribution in [1.29, 1.82) is 0 Å². The average molecular weight is 384 g/mol. The van der Waals surface area contributed by atoms with Gasteiger partial charge in [-0.05, 0) is 47.5 Å². The molecule has 0 atom stereocenters. The Hall–Kier alpha value is -2.90. The van der Waals surface area contributed by atoms with Crippen LogP contribution in [0.25, 0.3) is 10.8 Å². The lowest BCUT2D eigenvalue weighted by Gasteiger charge is -2.10. The number of carbonyl (C=O) groups excluding carboxylic acids is 1. The summed E-state index contributed by atoms with van der Waals surface area (Å²) in [5, 5.41) is 4.59. The Balaban J connectivity index is 1.72. The van der Waals surface area contributed by atoms with Crippen LogP contribution in [-0.2, 0) is 21.3 Å². The molecule has 3 rings (SSSR count). The van der Waals surface area contributed by atoms with Crippen molar-refractivity contribution in [2.24, 2.45) is 0 Å². The fourth-order valence-electron chi connectivity index (χ4n) is 2.71. The number of ether oxygens (including phenoxy) is 1. The van der Waals surface area contributed by atoms with Gasteiger partial charge in [-0.3, -0.25) is 5.32 Å². The van der Waals surface area contributed by atoms with Gasteiger partial charge in [-0.25, -0.2) is 17.9 Å². The highest BCUT2D eigenvalue weighted by molar-refractivity contribution is 7.89. The summed E-state index contributed by atoms with van der Waals surface area (Å²) in [6, 6.07) is 19.5. The molecule has 0 fully saturated rings. The summed E-state index contributed by atoms with van der Waals surface area (Å²) in [7, 11) is -3.68. The lowest BCUT2D eigenvalue weighted by molar-refractivity contribution is 0.168. The SMILES string of the molecule is CCOC(=O)Nc1ccc(S(=O)(=O)NCc2cccc3ccccc23)cc1. The molecular weight excluding hydrogens is 364 g/mol. The maximum atomic E-state index is 12.6. The first-order chi connectivity index (χ1) is 13.0. The molecule has 1 amide bonds. The van der Waals surface area contributed by atoms with Gasteiger partial charge in [-0.15, -0.1) is 0 Å². The maximum absolute atomic E-state index is 12.6. The van der Waals surface area contributed by atoms with Crippen molar-refractivity contribution in [2.75, 3.05) is 11.9 Å². The molecule has 0 bridgehead atoms. The Labute approximate surface area is 158 Å². The van der Waals surface area contributed by atoms with Gasteiger partial charge in [0.15, 0.2) is 0 Å². The zero-order valence-electron chi connectivity index (χ0n) is 14.8. The van der Waals surface area contributed by atoms with E-state index in [2.05, 4.69) is 10.0 Å². The molecule has 2 N–H and O–H groups in total. The fraction of sp³-hybridized carbons (Fsp3) is 0.150. The number of anilines is 1. The molecule has 0 aromatic heterocycles. The molecule has 3 aromatic carbocycles. The van der Waals surface area contributed by atoms with Gasteiger partial charge in [0.2, 0.25) is 10.0 Å². The van der Waals surface area contributed by atoms with Gasteiger partial charge >= 0.3 is 6.09 Å². The Kier molecular flexibility index (Phi) is 5.73. The summed E-state index contributed by atoms with van der Waals surface area (Å²) in [5.41, 5.74) is 1.36. The highest BCUT2D eigenvalue weighted by atomic mass is 32.2. The number of benzene rings is 3. The maximum Gasteiger partial charge on any atom is 0.411 e. The first kappa shape index (κ1) is 18.9. The van der Waals surface area contributed by atoms with Gasteiger partial charge in [-0.2, -0.15) is 0 Å². The number of hydrogen-bond donors (Lipinski definition) is 2. The third-order valence-electron chi connectivity index (χ3n) is 4.02. The van der Waals surface area contributed by atoms with Gasteiger partial charge < -0.3 is 4.74 Å². The molecule has 140 valence electrons. The van der Waals surface area contributed by atoms with E-state index in [1.54, 1.807) is 6.92 Å². The van der Waals surface area contributed by atoms with Crippen molar-refractivity contribution in [3.8, 4) is 0 Å². The third-order valence-corrected chi connectivity index (χ3v) is 5.44. The first-order valence-corrected chi connectivity index (χ1v) is 9.98. The monoisotopic (exact) mass is 384 g/mol. The van der Waals surface area contributed by atoms with Gasteiger partial charge in [0.05, 0.1) is 11.5 Å². The van der Waals surface area contributed by atoms with E-state index >= 15 is 0 Å². The summed E-state index contributed by atoms with van der Waals surface area (Å²) < 4.78 is 32.5. The molecule has 6 nitrogen and oxygen atoms in total. The van der Waals surface area contributed by atoms with Crippen LogP contribution in [0.5, 0.6) is 0 Å². The zero-order valence-corrected chi connectivity index (χ0v) is 15.6. The van der Waals surface area contributed by atoms with E-state index in [9.17, 15) is 13.2 Å². The van der Waals surface area contributed by atoms with Crippen LogP contribution in [-0.4, -0.2) is 21.1 Å². The van der Waals surface area contributed by atoms with E-state index in [4.69, 9.17) is 4.74 Å². The molecule has 0 aliphatic heterocycles. The molecule has 0 heterocycles. The predicted molar refractivity (Wildman–Crippen MR) is 105 cm³/mol. The molecular formula is C20H20N2O4S. The highest BCUT2D eigenvalue weighted by Crippen LogP contribution is 2.19. The summed E-state index contributed by atoms with van der Waals surface area (Å²) in [4.78, 5) is 11.5. The lowest BCUT2D eigenvalue weighted by atomic mass is 10.1. The smallest absolute Gasteiger partial charge is 0.411 e. The summed E-state index contributed by atoms with van der Waals surface area (Å²) in [5.74, 6) is 0. The van der Waals surface area contributed by atoms with Crippen molar-refractivity contribution in [3.05, 3.63) is 72.3 Å². The van der Waals surface area contributed by atoms with E-state index in [0.29, 0.717) is 5.69 Å². The van der Waals surface area contributed by atoms with Crippen molar-refractivity contribution in [2.45, 2.75) is 18.4 Å². The minimum Gasteiger partial charge on any atom is -0.450 e. The van der Waals surface area contributed by atoms with Crippen molar-refractivity contribution < 1.29 is 17.9 Å². The normalized spacial score (nSPS) is 11.3. The molecule has 0 saturated carbocycles. The van der Waals surface area contributed by atoms with E-state index in [1.807, 2.05) is 42.5 Å². The molecule has 0 aliphatic carbocycles. The molecule has 27 heavy (non-hydrogen) atoms. The Morgan fingerprint density at radius 2 is 1.67 bits per heavy atom. The van der Waals surface area contributed by atoms with Crippen LogP contribution in [0.3, 0.4) is 0 Å². The van der Waals surface area contributed by atoms with E-state index in [0.717, 1.165) is 16.3 Å². The highest BCUT2D eigenvalue weighted by Gasteiger charge is 2.14. The Bertz CT molecular complexity index is 1040. The number of fused-ring (bicyclic) bond motifs is 1. The number of amides is 1. The Morgan fingerprint density at radius 1 is 0.963 bits per heavy atom. The molecule has 0 spiro atoms. The van der Waals surface area contributed by atoms with Crippen LogP contribution < -0.4 is 10.0 Å². The quantitative estimate of drug-likeness (QED) is 0.675. The lowest BCUT2D eigenvalue weighted by Crippen LogP contribution is -2.23. The third kappa shape index (κ3) is 4.64. The topological polar surface area (TPSA) is 84.5 Å². The van der Waals surface area contributed by atoms with Crippen molar-refractivity contribution in [1.82, 2.24) is 4.72 Å². The molecule has 3 aromatic rings. The molecule has 0 radical (unpaired) electrons. The largest absolute Gasteiger partial charge is 0.450 e. The van der Waals surface area contributed by atoms with Gasteiger partial charge in [-0.1, -0.05) is 42.5 Å². The summed E-state index contributed by atoms with van der Waals surface area (Å²) in [6.45, 7) is 2.15. The fourth-order valence-corrected chi connectivity index (χ4v) is 3.71. The summed E-state index contributed by atoms with van der Waals surface area (Å²) >= 11 is 0. The molecule has 0 aliphatic rings. The van der Waals surface area contributed by atoms with Crippen LogP contribution in [0.4, 0.5) is 10.5 Å². The van der Waals surface area contributed by atoms with Crippen LogP contribution in [0, 0.1) is 0 Å². The van der Waals surface area contributed by atoms with Crippen LogP contribution in [0.2, 0.25) is 0 Å². The predicted octanol–water partition coefficient (Wildman–Crippen LogP) is 3.89. The molecule has 0 unspecified atom stereocenters. The van der Waals surface area contributed by atoms with Gasteiger partial charge in [0.1, 0.15) is 0 Å². The van der Waals surface area contributed by atoms with E-state index in [1.165, 1.54) is 24.3 Å². The second kappa shape index (κ2) is 8.20.